The molecule has 0 unspecified atom stereocenters. The van der Waals surface area contributed by atoms with Gasteiger partial charge in [0.1, 0.15) is 0 Å². The van der Waals surface area contributed by atoms with Crippen molar-refractivity contribution in [1.82, 2.24) is 0 Å². The Balaban J connectivity index is 3.16. The molecule has 0 aromatic rings. The van der Waals surface area contributed by atoms with Crippen LogP contribution in [0.5, 0.6) is 0 Å². The summed E-state index contributed by atoms with van der Waals surface area (Å²) in [6.07, 6.45) is 19.5. The summed E-state index contributed by atoms with van der Waals surface area (Å²) >= 11 is 0. The minimum absolute atomic E-state index is 0.00515. The highest BCUT2D eigenvalue weighted by Gasteiger charge is 2.02. The number of esters is 1. The molecule has 0 heterocycles. The van der Waals surface area contributed by atoms with Gasteiger partial charge in [0, 0.05) is 6.42 Å². The Bertz CT molecular complexity index is 246. The Kier molecular flexibility index (Phi) is 16.6. The summed E-state index contributed by atoms with van der Waals surface area (Å²) in [5.41, 5.74) is 0. The van der Waals surface area contributed by atoms with Crippen LogP contribution in [0.25, 0.3) is 0 Å². The van der Waals surface area contributed by atoms with E-state index in [2.05, 4.69) is 19.1 Å². The molecule has 2 nitrogen and oxygen atoms in total. The standard InChI is InChI=1S/C19H36O2/c1-3-5-7-9-11-12-13-15-17-19(20)21-18-16-14-10-8-6-4-2/h4,6H,3,5,7-18H2,1-2H3/b6-4+. The van der Waals surface area contributed by atoms with Crippen molar-refractivity contribution in [3.63, 3.8) is 0 Å². The smallest absolute Gasteiger partial charge is 0.305 e. The van der Waals surface area contributed by atoms with E-state index in [4.69, 9.17) is 4.74 Å². The van der Waals surface area contributed by atoms with Crippen molar-refractivity contribution < 1.29 is 9.53 Å². The van der Waals surface area contributed by atoms with Gasteiger partial charge < -0.3 is 4.74 Å². The fourth-order valence-corrected chi connectivity index (χ4v) is 2.37. The Morgan fingerprint density at radius 3 is 2.14 bits per heavy atom. The molecule has 0 amide bonds. The predicted octanol–water partition coefficient (Wildman–Crippen LogP) is 6.20. The minimum Gasteiger partial charge on any atom is -0.466 e. The SMILES string of the molecule is C/C=C/CCCCCOC(=O)CCCCCCCCCC. The average Bonchev–Trinajstić information content (AvgIpc) is 2.49. The first-order valence-electron chi connectivity index (χ1n) is 9.08. The van der Waals surface area contributed by atoms with Crippen LogP contribution in [0.3, 0.4) is 0 Å². The quantitative estimate of drug-likeness (QED) is 0.204. The van der Waals surface area contributed by atoms with Crippen molar-refractivity contribution in [2.75, 3.05) is 6.61 Å². The number of rotatable bonds is 15. The van der Waals surface area contributed by atoms with Crippen molar-refractivity contribution in [2.24, 2.45) is 0 Å². The van der Waals surface area contributed by atoms with E-state index in [9.17, 15) is 4.79 Å². The third-order valence-electron chi connectivity index (χ3n) is 3.75. The lowest BCUT2D eigenvalue weighted by molar-refractivity contribution is -0.143. The Morgan fingerprint density at radius 2 is 1.48 bits per heavy atom. The van der Waals surface area contributed by atoms with Crippen molar-refractivity contribution in [3.8, 4) is 0 Å². The van der Waals surface area contributed by atoms with Crippen LogP contribution in [0.2, 0.25) is 0 Å². The zero-order chi connectivity index (χ0) is 15.6. The van der Waals surface area contributed by atoms with Gasteiger partial charge >= 0.3 is 5.97 Å². The van der Waals surface area contributed by atoms with Gasteiger partial charge in [-0.1, -0.05) is 64.0 Å². The lowest BCUT2D eigenvalue weighted by Gasteiger charge is -2.05. The monoisotopic (exact) mass is 296 g/mol. The maximum atomic E-state index is 11.5. The van der Waals surface area contributed by atoms with E-state index in [1.54, 1.807) is 0 Å². The summed E-state index contributed by atoms with van der Waals surface area (Å²) in [6, 6.07) is 0. The Morgan fingerprint density at radius 1 is 0.857 bits per heavy atom. The molecular formula is C19H36O2. The van der Waals surface area contributed by atoms with Gasteiger partial charge in [0.05, 0.1) is 6.61 Å². The lowest BCUT2D eigenvalue weighted by Crippen LogP contribution is -2.05. The van der Waals surface area contributed by atoms with E-state index in [0.717, 1.165) is 25.7 Å². The van der Waals surface area contributed by atoms with E-state index in [1.165, 1.54) is 51.4 Å². The summed E-state index contributed by atoms with van der Waals surface area (Å²) in [4.78, 5) is 11.5. The second kappa shape index (κ2) is 17.3. The summed E-state index contributed by atoms with van der Waals surface area (Å²) in [6.45, 7) is 4.90. The molecule has 0 aliphatic rings. The van der Waals surface area contributed by atoms with Gasteiger partial charge in [0.15, 0.2) is 0 Å². The second-order valence-electron chi connectivity index (χ2n) is 5.86. The van der Waals surface area contributed by atoms with Crippen LogP contribution in [0.15, 0.2) is 12.2 Å². The van der Waals surface area contributed by atoms with E-state index >= 15 is 0 Å². The van der Waals surface area contributed by atoms with Gasteiger partial charge in [-0.25, -0.2) is 0 Å². The number of unbranched alkanes of at least 4 members (excludes halogenated alkanes) is 10. The number of allylic oxidation sites excluding steroid dienone is 2. The first-order chi connectivity index (χ1) is 10.3. The number of carbonyl (C=O) groups is 1. The average molecular weight is 296 g/mol. The number of carbonyl (C=O) groups excluding carboxylic acids is 1. The first-order valence-corrected chi connectivity index (χ1v) is 9.08. The molecule has 0 saturated carbocycles. The summed E-state index contributed by atoms with van der Waals surface area (Å²) < 4.78 is 5.25. The summed E-state index contributed by atoms with van der Waals surface area (Å²) in [5.74, 6) is -0.00515. The Hall–Kier alpha value is -0.790. The second-order valence-corrected chi connectivity index (χ2v) is 5.86. The van der Waals surface area contributed by atoms with Crippen LogP contribution in [-0.2, 0) is 9.53 Å². The molecule has 0 bridgehead atoms. The molecule has 0 saturated heterocycles. The van der Waals surface area contributed by atoms with E-state index < -0.39 is 0 Å². The molecular weight excluding hydrogens is 260 g/mol. The van der Waals surface area contributed by atoms with Crippen molar-refractivity contribution >= 4 is 5.97 Å². The van der Waals surface area contributed by atoms with Gasteiger partial charge in [-0.05, 0) is 39.0 Å². The van der Waals surface area contributed by atoms with Crippen LogP contribution in [0, 0.1) is 0 Å². The highest BCUT2D eigenvalue weighted by molar-refractivity contribution is 5.69. The zero-order valence-corrected chi connectivity index (χ0v) is 14.4. The normalized spacial score (nSPS) is 11.1. The third-order valence-corrected chi connectivity index (χ3v) is 3.75. The molecule has 0 aromatic heterocycles. The van der Waals surface area contributed by atoms with Crippen LogP contribution in [0.4, 0.5) is 0 Å². The van der Waals surface area contributed by atoms with Crippen molar-refractivity contribution in [2.45, 2.75) is 97.3 Å². The fourth-order valence-electron chi connectivity index (χ4n) is 2.37. The van der Waals surface area contributed by atoms with Gasteiger partial charge in [0.2, 0.25) is 0 Å². The van der Waals surface area contributed by atoms with E-state index in [1.807, 2.05) is 6.92 Å². The van der Waals surface area contributed by atoms with Gasteiger partial charge in [-0.15, -0.1) is 0 Å². The van der Waals surface area contributed by atoms with Crippen LogP contribution < -0.4 is 0 Å². The third kappa shape index (κ3) is 17.2. The minimum atomic E-state index is -0.00515. The molecule has 0 spiro atoms. The number of ether oxygens (including phenoxy) is 1. The highest BCUT2D eigenvalue weighted by Crippen LogP contribution is 2.10. The van der Waals surface area contributed by atoms with Crippen molar-refractivity contribution in [1.29, 1.82) is 0 Å². The van der Waals surface area contributed by atoms with Gasteiger partial charge in [-0.3, -0.25) is 4.79 Å². The van der Waals surface area contributed by atoms with E-state index in [-0.39, 0.29) is 5.97 Å². The molecule has 0 atom stereocenters. The predicted molar refractivity (Wildman–Crippen MR) is 91.5 cm³/mol. The number of hydrogen-bond acceptors (Lipinski definition) is 2. The first kappa shape index (κ1) is 20.2. The molecule has 0 N–H and O–H groups in total. The highest BCUT2D eigenvalue weighted by atomic mass is 16.5. The maximum Gasteiger partial charge on any atom is 0.305 e. The Labute approximate surface area is 132 Å². The summed E-state index contributed by atoms with van der Waals surface area (Å²) in [7, 11) is 0. The maximum absolute atomic E-state index is 11.5. The molecule has 124 valence electrons. The van der Waals surface area contributed by atoms with Crippen LogP contribution in [0.1, 0.15) is 97.3 Å². The molecule has 0 aromatic carbocycles. The summed E-state index contributed by atoms with van der Waals surface area (Å²) in [5, 5.41) is 0. The van der Waals surface area contributed by atoms with E-state index in [0.29, 0.717) is 13.0 Å². The molecule has 2 heteroatoms. The topological polar surface area (TPSA) is 26.3 Å². The number of hydrogen-bond donors (Lipinski definition) is 0. The molecule has 0 fully saturated rings. The molecule has 0 aliphatic heterocycles. The van der Waals surface area contributed by atoms with Gasteiger partial charge in [0.25, 0.3) is 0 Å². The molecule has 21 heavy (non-hydrogen) atoms. The lowest BCUT2D eigenvalue weighted by atomic mass is 10.1. The van der Waals surface area contributed by atoms with Crippen LogP contribution in [-0.4, -0.2) is 12.6 Å². The fraction of sp³-hybridized carbons (Fsp3) is 0.842. The van der Waals surface area contributed by atoms with Gasteiger partial charge in [-0.2, -0.15) is 0 Å². The largest absolute Gasteiger partial charge is 0.466 e. The molecule has 0 aliphatic carbocycles. The van der Waals surface area contributed by atoms with Crippen molar-refractivity contribution in [3.05, 3.63) is 12.2 Å². The molecule has 0 radical (unpaired) electrons. The molecule has 0 rings (SSSR count). The van der Waals surface area contributed by atoms with Crippen LogP contribution >= 0.6 is 0 Å². The zero-order valence-electron chi connectivity index (χ0n) is 14.4.